The van der Waals surface area contributed by atoms with Crippen LogP contribution in [0.3, 0.4) is 0 Å². The molecule has 0 aromatic carbocycles. The van der Waals surface area contributed by atoms with Gasteiger partial charge in [-0.15, -0.1) is 0 Å². The number of hydrogen-bond donors (Lipinski definition) is 3. The van der Waals surface area contributed by atoms with E-state index in [1.807, 2.05) is 20.3 Å². The number of rotatable bonds is 6. The maximum atomic E-state index is 11.9. The van der Waals surface area contributed by atoms with Crippen LogP contribution in [0.1, 0.15) is 25.8 Å². The highest BCUT2D eigenvalue weighted by atomic mass is 19.4. The lowest BCUT2D eigenvalue weighted by Crippen LogP contribution is -2.43. The van der Waals surface area contributed by atoms with Gasteiger partial charge >= 0.3 is 12.1 Å². The van der Waals surface area contributed by atoms with Gasteiger partial charge in [-0.05, 0) is 19.4 Å². The molecule has 1 amide bonds. The third-order valence-corrected chi connectivity index (χ3v) is 2.84. The second kappa shape index (κ2) is 9.91. The zero-order valence-corrected chi connectivity index (χ0v) is 14.0. The Hall–Kier alpha value is -2.10. The highest BCUT2D eigenvalue weighted by molar-refractivity contribution is 5.81. The molecular weight excluding hydrogens is 329 g/mol. The number of aryl methyl sites for hydroxylation is 1. The summed E-state index contributed by atoms with van der Waals surface area (Å²) in [7, 11) is 3.68. The van der Waals surface area contributed by atoms with Gasteiger partial charge in [0.2, 0.25) is 5.91 Å². The molecule has 1 aromatic heterocycles. The van der Waals surface area contributed by atoms with E-state index in [0.717, 1.165) is 12.0 Å². The molecule has 0 saturated heterocycles. The van der Waals surface area contributed by atoms with Crippen LogP contribution >= 0.6 is 0 Å². The molecule has 0 bridgehead atoms. The summed E-state index contributed by atoms with van der Waals surface area (Å²) in [5.74, 6) is -2.21. The van der Waals surface area contributed by atoms with Gasteiger partial charge in [0.15, 0.2) is 0 Å². The van der Waals surface area contributed by atoms with E-state index in [1.54, 1.807) is 10.9 Å². The van der Waals surface area contributed by atoms with E-state index < -0.39 is 12.1 Å². The van der Waals surface area contributed by atoms with Gasteiger partial charge in [-0.1, -0.05) is 13.8 Å². The van der Waals surface area contributed by atoms with Crippen molar-refractivity contribution in [3.05, 3.63) is 18.0 Å². The monoisotopic (exact) mass is 352 g/mol. The van der Waals surface area contributed by atoms with Crippen molar-refractivity contribution in [2.45, 2.75) is 39.0 Å². The van der Waals surface area contributed by atoms with Gasteiger partial charge in [0.05, 0.1) is 12.2 Å². The Bertz CT molecular complexity index is 530. The third kappa shape index (κ3) is 9.13. The number of carbonyl (C=O) groups excluding carboxylic acids is 1. The molecule has 0 fully saturated rings. The molecule has 1 rings (SSSR count). The first-order valence-corrected chi connectivity index (χ1v) is 7.20. The maximum Gasteiger partial charge on any atom is 0.490 e. The first-order valence-electron chi connectivity index (χ1n) is 7.20. The van der Waals surface area contributed by atoms with Gasteiger partial charge in [-0.2, -0.15) is 18.3 Å². The summed E-state index contributed by atoms with van der Waals surface area (Å²) in [5.41, 5.74) is 1.01. The van der Waals surface area contributed by atoms with E-state index in [1.165, 1.54) is 0 Å². The fourth-order valence-electron chi connectivity index (χ4n) is 1.70. The van der Waals surface area contributed by atoms with Gasteiger partial charge < -0.3 is 15.7 Å². The van der Waals surface area contributed by atoms with Crippen LogP contribution in [0.2, 0.25) is 0 Å². The van der Waals surface area contributed by atoms with Crippen LogP contribution in [0.15, 0.2) is 12.4 Å². The summed E-state index contributed by atoms with van der Waals surface area (Å²) in [6.07, 6.45) is -0.580. The topological polar surface area (TPSA) is 96.3 Å². The molecule has 0 aliphatic heterocycles. The van der Waals surface area contributed by atoms with Crippen LogP contribution in [-0.4, -0.2) is 46.0 Å². The number of carbonyl (C=O) groups is 2. The van der Waals surface area contributed by atoms with Gasteiger partial charge in [0, 0.05) is 25.4 Å². The summed E-state index contributed by atoms with van der Waals surface area (Å²) >= 11 is 0. The number of amides is 1. The lowest BCUT2D eigenvalue weighted by molar-refractivity contribution is -0.192. The highest BCUT2D eigenvalue weighted by Gasteiger charge is 2.38. The second-order valence-electron chi connectivity index (χ2n) is 5.51. The number of likely N-dealkylation sites (N-methyl/N-ethyl adjacent to an activating group) is 1. The Labute approximate surface area is 138 Å². The van der Waals surface area contributed by atoms with Crippen LogP contribution in [-0.2, 0) is 23.2 Å². The van der Waals surface area contributed by atoms with Gasteiger partial charge in [-0.3, -0.25) is 9.48 Å². The number of nitrogens with zero attached hydrogens (tertiary/aromatic N) is 2. The van der Waals surface area contributed by atoms with Crippen LogP contribution in [0, 0.1) is 5.92 Å². The summed E-state index contributed by atoms with van der Waals surface area (Å²) in [4.78, 5) is 20.8. The largest absolute Gasteiger partial charge is 0.490 e. The number of hydrogen-bond acceptors (Lipinski definition) is 4. The van der Waals surface area contributed by atoms with E-state index in [2.05, 4.69) is 29.6 Å². The zero-order valence-electron chi connectivity index (χ0n) is 14.0. The van der Waals surface area contributed by atoms with Crippen LogP contribution in [0.25, 0.3) is 0 Å². The predicted octanol–water partition coefficient (Wildman–Crippen LogP) is 1.30. The molecule has 0 radical (unpaired) electrons. The molecule has 7 nitrogen and oxygen atoms in total. The molecule has 0 aliphatic rings. The SMILES string of the molecule is CN[C@@H](CC(C)C)C(=O)NCc1cnn(C)c1.O=C(O)C(F)(F)F. The average molecular weight is 352 g/mol. The van der Waals surface area contributed by atoms with E-state index in [-0.39, 0.29) is 11.9 Å². The summed E-state index contributed by atoms with van der Waals surface area (Å²) in [5, 5.41) is 17.1. The molecule has 0 unspecified atom stereocenters. The Balaban J connectivity index is 0.000000640. The third-order valence-electron chi connectivity index (χ3n) is 2.84. The number of carboxylic acids is 1. The number of nitrogens with one attached hydrogen (secondary N) is 2. The standard InChI is InChI=1S/C12H22N4O.C2HF3O2/c1-9(2)5-11(13-3)12(17)14-6-10-7-15-16(4)8-10;3-2(4,5)1(6)7/h7-9,11,13H,5-6H2,1-4H3,(H,14,17);(H,6,7)/t11-;/m0./s1. The van der Waals surface area contributed by atoms with Crippen molar-refractivity contribution < 1.29 is 27.9 Å². The second-order valence-corrected chi connectivity index (χ2v) is 5.51. The minimum absolute atomic E-state index is 0.0463. The summed E-state index contributed by atoms with van der Waals surface area (Å²) in [6, 6.07) is -0.119. The molecule has 3 N–H and O–H groups in total. The first-order chi connectivity index (χ1) is 11.0. The molecule has 138 valence electrons. The number of alkyl halides is 3. The fourth-order valence-corrected chi connectivity index (χ4v) is 1.70. The van der Waals surface area contributed by atoms with E-state index in [4.69, 9.17) is 9.90 Å². The van der Waals surface area contributed by atoms with Crippen molar-refractivity contribution in [3.8, 4) is 0 Å². The Morgan fingerprint density at radius 2 is 1.92 bits per heavy atom. The lowest BCUT2D eigenvalue weighted by Gasteiger charge is -2.17. The Kier molecular flexibility index (Phi) is 9.04. The van der Waals surface area contributed by atoms with E-state index in [0.29, 0.717) is 12.5 Å². The van der Waals surface area contributed by atoms with Crippen molar-refractivity contribution in [1.29, 1.82) is 0 Å². The average Bonchev–Trinajstić information content (AvgIpc) is 2.87. The Morgan fingerprint density at radius 3 is 2.25 bits per heavy atom. The number of halogens is 3. The maximum absolute atomic E-state index is 11.9. The number of aliphatic carboxylic acids is 1. The molecule has 0 aliphatic carbocycles. The molecular formula is C14H23F3N4O3. The minimum atomic E-state index is -5.08. The van der Waals surface area contributed by atoms with Gasteiger partial charge in [0.1, 0.15) is 0 Å². The van der Waals surface area contributed by atoms with Crippen molar-refractivity contribution in [2.24, 2.45) is 13.0 Å². The van der Waals surface area contributed by atoms with Crippen LogP contribution in [0.5, 0.6) is 0 Å². The predicted molar refractivity (Wildman–Crippen MR) is 81.0 cm³/mol. The molecule has 0 saturated carbocycles. The van der Waals surface area contributed by atoms with E-state index in [9.17, 15) is 18.0 Å². The number of aromatic nitrogens is 2. The molecule has 10 heteroatoms. The molecule has 1 atom stereocenters. The fraction of sp³-hybridized carbons (Fsp3) is 0.643. The highest BCUT2D eigenvalue weighted by Crippen LogP contribution is 2.13. The number of carboxylic acid groups (broad SMARTS) is 1. The minimum Gasteiger partial charge on any atom is -0.475 e. The zero-order chi connectivity index (χ0) is 18.9. The van der Waals surface area contributed by atoms with Crippen molar-refractivity contribution >= 4 is 11.9 Å². The van der Waals surface area contributed by atoms with Crippen molar-refractivity contribution in [3.63, 3.8) is 0 Å². The molecule has 1 heterocycles. The Morgan fingerprint density at radius 1 is 1.38 bits per heavy atom. The molecule has 1 aromatic rings. The smallest absolute Gasteiger partial charge is 0.475 e. The molecule has 24 heavy (non-hydrogen) atoms. The lowest BCUT2D eigenvalue weighted by atomic mass is 10.0. The first kappa shape index (κ1) is 21.9. The van der Waals surface area contributed by atoms with Crippen LogP contribution < -0.4 is 10.6 Å². The van der Waals surface area contributed by atoms with Gasteiger partial charge in [-0.25, -0.2) is 4.79 Å². The summed E-state index contributed by atoms with van der Waals surface area (Å²) < 4.78 is 33.5. The molecule has 0 spiro atoms. The quantitative estimate of drug-likeness (QED) is 0.717. The normalized spacial score (nSPS) is 12.3. The van der Waals surface area contributed by atoms with Gasteiger partial charge in [0.25, 0.3) is 0 Å². The van der Waals surface area contributed by atoms with Crippen molar-refractivity contribution in [2.75, 3.05) is 7.05 Å². The van der Waals surface area contributed by atoms with Crippen LogP contribution in [0.4, 0.5) is 13.2 Å². The van der Waals surface area contributed by atoms with E-state index >= 15 is 0 Å². The summed E-state index contributed by atoms with van der Waals surface area (Å²) in [6.45, 7) is 4.75. The van der Waals surface area contributed by atoms with Crippen molar-refractivity contribution in [1.82, 2.24) is 20.4 Å².